The molecule has 0 aliphatic rings. The van der Waals surface area contributed by atoms with Crippen LogP contribution in [0, 0.1) is 0 Å². The number of unbranched alkanes of at least 4 members (excludes halogenated alkanes) is 1. The van der Waals surface area contributed by atoms with E-state index in [0.717, 1.165) is 47.6 Å². The Morgan fingerprint density at radius 3 is 2.50 bits per heavy atom. The molecule has 192 valence electrons. The number of aryl methyl sites for hydroxylation is 1. The van der Waals surface area contributed by atoms with Crippen LogP contribution in [-0.4, -0.2) is 65.0 Å². The number of sulfonamides is 1. The zero-order valence-electron chi connectivity index (χ0n) is 20.0. The van der Waals surface area contributed by atoms with Gasteiger partial charge in [-0.25, -0.2) is 18.1 Å². The topological polar surface area (TPSA) is 89.2 Å². The molecule has 0 spiro atoms. The van der Waals surface area contributed by atoms with E-state index in [1.807, 2.05) is 25.1 Å². The van der Waals surface area contributed by atoms with Gasteiger partial charge in [-0.1, -0.05) is 12.1 Å². The van der Waals surface area contributed by atoms with E-state index in [-0.39, 0.29) is 17.3 Å². The average Bonchev–Trinajstić information content (AvgIpc) is 3.46. The van der Waals surface area contributed by atoms with Gasteiger partial charge in [0, 0.05) is 25.2 Å². The fourth-order valence-corrected chi connectivity index (χ4v) is 5.32. The van der Waals surface area contributed by atoms with Crippen LogP contribution in [0.15, 0.2) is 60.0 Å². The number of benzene rings is 1. The maximum absolute atomic E-state index is 13.8. The Morgan fingerprint density at radius 1 is 1.03 bits per heavy atom. The van der Waals surface area contributed by atoms with Crippen molar-refractivity contribution in [1.82, 2.24) is 29.4 Å². The van der Waals surface area contributed by atoms with Crippen LogP contribution in [0.5, 0.6) is 0 Å². The summed E-state index contributed by atoms with van der Waals surface area (Å²) in [7, 11) is 1.51. The van der Waals surface area contributed by atoms with Crippen molar-refractivity contribution in [2.75, 3.05) is 31.5 Å². The summed E-state index contributed by atoms with van der Waals surface area (Å²) in [5.74, 6) is -0.141. The van der Waals surface area contributed by atoms with Crippen LogP contribution in [0.25, 0.3) is 16.7 Å². The number of halogens is 3. The number of para-hydroxylation sites is 1. The molecule has 0 saturated heterocycles. The van der Waals surface area contributed by atoms with Crippen molar-refractivity contribution in [3.05, 3.63) is 60.7 Å². The van der Waals surface area contributed by atoms with Gasteiger partial charge in [0.1, 0.15) is 4.90 Å². The van der Waals surface area contributed by atoms with Gasteiger partial charge in [0.05, 0.1) is 35.4 Å². The lowest BCUT2D eigenvalue weighted by Crippen LogP contribution is -2.32. The van der Waals surface area contributed by atoms with E-state index in [0.29, 0.717) is 17.6 Å². The average molecular weight is 522 g/mol. The summed E-state index contributed by atoms with van der Waals surface area (Å²) in [6.07, 6.45) is 1.76. The highest BCUT2D eigenvalue weighted by Gasteiger charge is 2.32. The van der Waals surface area contributed by atoms with Gasteiger partial charge in [-0.15, -0.1) is 0 Å². The maximum Gasteiger partial charge on any atom is 0.416 e. The van der Waals surface area contributed by atoms with Crippen molar-refractivity contribution in [3.63, 3.8) is 0 Å². The molecule has 3 heterocycles. The number of nitrogens with zero attached hydrogens (tertiary/aromatic N) is 7. The summed E-state index contributed by atoms with van der Waals surface area (Å²) in [4.78, 5) is 5.78. The van der Waals surface area contributed by atoms with Gasteiger partial charge < -0.3 is 4.90 Å². The molecule has 4 aromatic rings. The minimum atomic E-state index is -4.56. The van der Waals surface area contributed by atoms with Gasteiger partial charge in [0.2, 0.25) is 0 Å². The third-order valence-corrected chi connectivity index (χ3v) is 7.45. The second-order valence-corrected chi connectivity index (χ2v) is 10.5. The van der Waals surface area contributed by atoms with Crippen LogP contribution in [0.4, 0.5) is 18.9 Å². The van der Waals surface area contributed by atoms with Crippen LogP contribution in [-0.2, 0) is 23.2 Å². The second kappa shape index (κ2) is 9.90. The van der Waals surface area contributed by atoms with E-state index in [4.69, 9.17) is 0 Å². The van der Waals surface area contributed by atoms with Gasteiger partial charge in [0.15, 0.2) is 5.82 Å². The Hall–Kier alpha value is -3.45. The highest BCUT2D eigenvalue weighted by Crippen LogP contribution is 2.32. The molecule has 13 heteroatoms. The molecule has 3 aromatic heterocycles. The lowest BCUT2D eigenvalue weighted by Gasteiger charge is -2.25. The first-order chi connectivity index (χ1) is 17.0. The van der Waals surface area contributed by atoms with Crippen molar-refractivity contribution in [1.29, 1.82) is 0 Å². The lowest BCUT2D eigenvalue weighted by atomic mass is 10.2. The molecule has 36 heavy (non-hydrogen) atoms. The molecular weight excluding hydrogens is 495 g/mol. The van der Waals surface area contributed by atoms with Crippen LogP contribution in [0.2, 0.25) is 0 Å². The van der Waals surface area contributed by atoms with E-state index in [2.05, 4.69) is 15.2 Å². The molecule has 0 atom stereocenters. The van der Waals surface area contributed by atoms with Crippen molar-refractivity contribution in [2.45, 2.75) is 23.9 Å². The second-order valence-electron chi connectivity index (χ2n) is 8.59. The molecule has 0 amide bonds. The first-order valence-corrected chi connectivity index (χ1v) is 12.6. The quantitative estimate of drug-likeness (QED) is 0.312. The summed E-state index contributed by atoms with van der Waals surface area (Å²) in [6, 6.07) is 6.98. The van der Waals surface area contributed by atoms with E-state index < -0.39 is 21.8 Å². The molecule has 1 aromatic carbocycles. The van der Waals surface area contributed by atoms with Crippen molar-refractivity contribution in [2.24, 2.45) is 7.05 Å². The summed E-state index contributed by atoms with van der Waals surface area (Å²) in [5, 5.41) is 9.04. The van der Waals surface area contributed by atoms with Crippen molar-refractivity contribution in [3.8, 4) is 5.82 Å². The van der Waals surface area contributed by atoms with Crippen LogP contribution >= 0.6 is 0 Å². The summed E-state index contributed by atoms with van der Waals surface area (Å²) >= 11 is 0. The minimum Gasteiger partial charge on any atom is -0.309 e. The standard InChI is InChI=1S/C23H26F3N7O2S/c1-30(2)11-4-5-12-33(20-8-6-7-17-14-28-31(3)22(17)20)36(34,35)19-15-29-32(16-19)21-13-18(9-10-27-21)23(24,25)26/h6-10,13-16H,4-5,11-12H2,1-3H3. The van der Waals surface area contributed by atoms with Gasteiger partial charge in [-0.3, -0.25) is 8.99 Å². The first-order valence-electron chi connectivity index (χ1n) is 11.1. The van der Waals surface area contributed by atoms with Crippen molar-refractivity contribution >= 4 is 26.6 Å². The Morgan fingerprint density at radius 2 is 1.78 bits per heavy atom. The zero-order chi connectivity index (χ0) is 26.1. The third kappa shape index (κ3) is 5.21. The molecule has 0 fully saturated rings. The SMILES string of the molecule is CN(C)CCCCN(c1cccc2cnn(C)c12)S(=O)(=O)c1cnn(-c2cc(C(F)(F)F)ccn2)c1. The highest BCUT2D eigenvalue weighted by atomic mass is 32.2. The molecule has 0 radical (unpaired) electrons. The van der Waals surface area contributed by atoms with Crippen LogP contribution < -0.4 is 4.31 Å². The number of hydrogen-bond donors (Lipinski definition) is 0. The summed E-state index contributed by atoms with van der Waals surface area (Å²) in [6.45, 7) is 0.996. The zero-order valence-corrected chi connectivity index (χ0v) is 20.8. The van der Waals surface area contributed by atoms with Crippen LogP contribution in [0.1, 0.15) is 18.4 Å². The molecule has 9 nitrogen and oxygen atoms in total. The van der Waals surface area contributed by atoms with E-state index in [1.54, 1.807) is 30.1 Å². The van der Waals surface area contributed by atoms with Gasteiger partial charge >= 0.3 is 6.18 Å². The molecule has 0 aliphatic carbocycles. The monoisotopic (exact) mass is 521 g/mol. The Bertz CT molecular complexity index is 1460. The molecule has 0 aliphatic heterocycles. The predicted molar refractivity (Wildman–Crippen MR) is 129 cm³/mol. The Labute approximate surface area is 206 Å². The first kappa shape index (κ1) is 25.6. The normalized spacial score (nSPS) is 12.5. The number of hydrogen-bond acceptors (Lipinski definition) is 6. The number of fused-ring (bicyclic) bond motifs is 1. The molecule has 0 bridgehead atoms. The number of pyridine rings is 1. The van der Waals surface area contributed by atoms with E-state index >= 15 is 0 Å². The highest BCUT2D eigenvalue weighted by molar-refractivity contribution is 7.92. The van der Waals surface area contributed by atoms with E-state index in [9.17, 15) is 21.6 Å². The maximum atomic E-state index is 13.8. The largest absolute Gasteiger partial charge is 0.416 e. The lowest BCUT2D eigenvalue weighted by molar-refractivity contribution is -0.137. The van der Waals surface area contributed by atoms with Crippen LogP contribution in [0.3, 0.4) is 0 Å². The number of anilines is 1. The predicted octanol–water partition coefficient (Wildman–Crippen LogP) is 3.71. The van der Waals surface area contributed by atoms with Gasteiger partial charge in [-0.2, -0.15) is 23.4 Å². The molecular formula is C23H26F3N7O2S. The third-order valence-electron chi connectivity index (χ3n) is 5.68. The summed E-state index contributed by atoms with van der Waals surface area (Å²) < 4.78 is 71.0. The van der Waals surface area contributed by atoms with Gasteiger partial charge in [-0.05, 0) is 51.7 Å². The minimum absolute atomic E-state index is 0.141. The van der Waals surface area contributed by atoms with E-state index in [1.165, 1.54) is 10.5 Å². The molecule has 0 unspecified atom stereocenters. The Kier molecular flexibility index (Phi) is 7.05. The molecule has 0 saturated carbocycles. The van der Waals surface area contributed by atoms with Gasteiger partial charge in [0.25, 0.3) is 10.0 Å². The number of aromatic nitrogens is 5. The molecule has 4 rings (SSSR count). The fraction of sp³-hybridized carbons (Fsp3) is 0.348. The molecule has 0 N–H and O–H groups in total. The van der Waals surface area contributed by atoms with Crippen molar-refractivity contribution < 1.29 is 21.6 Å². The Balaban J connectivity index is 1.73. The summed E-state index contributed by atoms with van der Waals surface area (Å²) in [5.41, 5.74) is 0.209. The smallest absolute Gasteiger partial charge is 0.309 e. The number of alkyl halides is 3. The fourth-order valence-electron chi connectivity index (χ4n) is 3.88. The number of rotatable bonds is 9.